The van der Waals surface area contributed by atoms with Crippen LogP contribution < -0.4 is 5.32 Å². The molecule has 2 aromatic heterocycles. The molecule has 0 bridgehead atoms. The molecule has 4 rings (SSSR count). The molecule has 8 nitrogen and oxygen atoms in total. The van der Waals surface area contributed by atoms with Crippen LogP contribution in [-0.4, -0.2) is 54.9 Å². The second kappa shape index (κ2) is 9.34. The Hall–Kier alpha value is -3.21. The smallest absolute Gasteiger partial charge is 0.352 e. The molecule has 1 aliphatic rings. The fraction of sp³-hybridized carbons (Fsp3) is 0.381. The standard InChI is InChI=1S/C21H21ClF3N7O/c1-13-3-2-8-31(18(13)12-28-20-26-10-14(11-27-20)21(23,24)25)19(33)16-5-4-15(22)9-17(16)32-29-6-7-30-32/h4-7,9-11,13,18H,2-3,8,12H2,1H3,(H,26,27,28). The Morgan fingerprint density at radius 1 is 1.21 bits per heavy atom. The molecule has 2 unspecified atom stereocenters. The van der Waals surface area contributed by atoms with E-state index in [0.717, 1.165) is 25.2 Å². The van der Waals surface area contributed by atoms with Crippen LogP contribution in [0.2, 0.25) is 5.02 Å². The van der Waals surface area contributed by atoms with Gasteiger partial charge in [0.15, 0.2) is 0 Å². The highest BCUT2D eigenvalue weighted by atomic mass is 35.5. The number of nitrogens with zero attached hydrogens (tertiary/aromatic N) is 6. The zero-order valence-corrected chi connectivity index (χ0v) is 18.4. The number of rotatable bonds is 5. The highest BCUT2D eigenvalue weighted by Gasteiger charge is 2.34. The minimum atomic E-state index is -4.50. The van der Waals surface area contributed by atoms with Crippen molar-refractivity contribution < 1.29 is 18.0 Å². The summed E-state index contributed by atoms with van der Waals surface area (Å²) in [5, 5.41) is 11.7. The number of carbonyl (C=O) groups excluding carboxylic acids is 1. The molecule has 0 radical (unpaired) electrons. The zero-order valence-electron chi connectivity index (χ0n) is 17.6. The number of nitrogens with one attached hydrogen (secondary N) is 1. The van der Waals surface area contributed by atoms with Crippen molar-refractivity contribution in [2.75, 3.05) is 18.4 Å². The second-order valence-corrected chi connectivity index (χ2v) is 8.28. The van der Waals surface area contributed by atoms with Crippen LogP contribution in [0, 0.1) is 5.92 Å². The monoisotopic (exact) mass is 479 g/mol. The first-order valence-corrected chi connectivity index (χ1v) is 10.7. The Morgan fingerprint density at radius 2 is 1.91 bits per heavy atom. The molecule has 3 heterocycles. The van der Waals surface area contributed by atoms with Gasteiger partial charge in [0.1, 0.15) is 0 Å². The molecule has 1 aromatic carbocycles. The summed E-state index contributed by atoms with van der Waals surface area (Å²) in [5.74, 6) is 0.0231. The molecule has 174 valence electrons. The van der Waals surface area contributed by atoms with Crippen molar-refractivity contribution in [1.29, 1.82) is 0 Å². The van der Waals surface area contributed by atoms with E-state index in [2.05, 4.69) is 25.5 Å². The fourth-order valence-electron chi connectivity index (χ4n) is 3.92. The van der Waals surface area contributed by atoms with Gasteiger partial charge in [-0.1, -0.05) is 18.5 Å². The average Bonchev–Trinajstić information content (AvgIpc) is 3.32. The van der Waals surface area contributed by atoms with Gasteiger partial charge in [-0.2, -0.15) is 28.2 Å². The number of alkyl halides is 3. The van der Waals surface area contributed by atoms with Crippen LogP contribution in [0.15, 0.2) is 43.0 Å². The molecule has 1 amide bonds. The van der Waals surface area contributed by atoms with Crippen LogP contribution in [0.3, 0.4) is 0 Å². The molecule has 1 saturated heterocycles. The van der Waals surface area contributed by atoms with Crippen LogP contribution in [-0.2, 0) is 6.18 Å². The van der Waals surface area contributed by atoms with E-state index in [1.807, 2.05) is 6.92 Å². The zero-order chi connectivity index (χ0) is 23.6. The molecule has 1 fully saturated rings. The quantitative estimate of drug-likeness (QED) is 0.593. The van der Waals surface area contributed by atoms with Gasteiger partial charge in [0.2, 0.25) is 5.95 Å². The summed E-state index contributed by atoms with van der Waals surface area (Å²) in [7, 11) is 0. The van der Waals surface area contributed by atoms with Crippen molar-refractivity contribution in [1.82, 2.24) is 29.9 Å². The van der Waals surface area contributed by atoms with Crippen molar-refractivity contribution in [2.45, 2.75) is 32.0 Å². The van der Waals surface area contributed by atoms with E-state index >= 15 is 0 Å². The predicted molar refractivity (Wildman–Crippen MR) is 115 cm³/mol. The maximum atomic E-state index is 13.6. The van der Waals surface area contributed by atoms with Gasteiger partial charge in [-0.05, 0) is 37.0 Å². The van der Waals surface area contributed by atoms with E-state index in [1.165, 1.54) is 17.2 Å². The second-order valence-electron chi connectivity index (χ2n) is 7.84. The van der Waals surface area contributed by atoms with E-state index in [4.69, 9.17) is 11.6 Å². The van der Waals surface area contributed by atoms with Gasteiger partial charge in [0.25, 0.3) is 5.91 Å². The van der Waals surface area contributed by atoms with Crippen LogP contribution in [0.5, 0.6) is 0 Å². The Labute approximate surface area is 192 Å². The van der Waals surface area contributed by atoms with Gasteiger partial charge in [-0.15, -0.1) is 0 Å². The summed E-state index contributed by atoms with van der Waals surface area (Å²) in [6, 6.07) is 4.70. The van der Waals surface area contributed by atoms with E-state index in [0.29, 0.717) is 29.4 Å². The number of halogens is 4. The summed E-state index contributed by atoms with van der Waals surface area (Å²) >= 11 is 6.14. The highest BCUT2D eigenvalue weighted by molar-refractivity contribution is 6.31. The topological polar surface area (TPSA) is 88.8 Å². The lowest BCUT2D eigenvalue weighted by Gasteiger charge is -2.40. The van der Waals surface area contributed by atoms with Crippen LogP contribution >= 0.6 is 11.6 Å². The Kier molecular flexibility index (Phi) is 6.50. The Morgan fingerprint density at radius 3 is 2.58 bits per heavy atom. The molecule has 1 N–H and O–H groups in total. The number of hydrogen-bond donors (Lipinski definition) is 1. The predicted octanol–water partition coefficient (Wildman–Crippen LogP) is 4.08. The maximum Gasteiger partial charge on any atom is 0.419 e. The molecule has 0 aliphatic carbocycles. The van der Waals surface area contributed by atoms with Crippen LogP contribution in [0.1, 0.15) is 35.7 Å². The molecule has 33 heavy (non-hydrogen) atoms. The minimum absolute atomic E-state index is 0.0705. The fourth-order valence-corrected chi connectivity index (χ4v) is 4.09. The normalized spacial score (nSPS) is 18.9. The third-order valence-electron chi connectivity index (χ3n) is 5.65. The molecular weight excluding hydrogens is 459 g/mol. The van der Waals surface area contributed by atoms with Crippen molar-refractivity contribution in [2.24, 2.45) is 5.92 Å². The maximum absolute atomic E-state index is 13.6. The number of amides is 1. The number of likely N-dealkylation sites (tertiary alicyclic amines) is 1. The lowest BCUT2D eigenvalue weighted by molar-refractivity contribution is -0.138. The molecule has 0 spiro atoms. The molecular formula is C21H21ClF3N7O. The largest absolute Gasteiger partial charge is 0.419 e. The van der Waals surface area contributed by atoms with E-state index in [1.54, 1.807) is 23.1 Å². The number of hydrogen-bond acceptors (Lipinski definition) is 6. The Balaban J connectivity index is 1.55. The molecule has 12 heteroatoms. The van der Waals surface area contributed by atoms with Crippen LogP contribution in [0.4, 0.5) is 19.1 Å². The summed E-state index contributed by atoms with van der Waals surface area (Å²) in [6.45, 7) is 2.87. The van der Waals surface area contributed by atoms with Gasteiger partial charge >= 0.3 is 6.18 Å². The summed E-state index contributed by atoms with van der Waals surface area (Å²) in [5.41, 5.74) is -0.0487. The van der Waals surface area contributed by atoms with Crippen molar-refractivity contribution in [3.63, 3.8) is 0 Å². The first-order chi connectivity index (χ1) is 15.7. The highest BCUT2D eigenvalue weighted by Crippen LogP contribution is 2.29. The molecule has 3 aromatic rings. The summed E-state index contributed by atoms with van der Waals surface area (Å²) < 4.78 is 38.2. The van der Waals surface area contributed by atoms with Crippen molar-refractivity contribution in [3.05, 3.63) is 59.1 Å². The molecule has 2 atom stereocenters. The van der Waals surface area contributed by atoms with E-state index in [9.17, 15) is 18.0 Å². The first kappa shape index (κ1) is 23.0. The van der Waals surface area contributed by atoms with Crippen LogP contribution in [0.25, 0.3) is 5.69 Å². The lowest BCUT2D eigenvalue weighted by Crippen LogP contribution is -2.51. The van der Waals surface area contributed by atoms with Gasteiger partial charge in [-0.3, -0.25) is 4.79 Å². The first-order valence-electron chi connectivity index (χ1n) is 10.3. The van der Waals surface area contributed by atoms with Crippen molar-refractivity contribution >= 4 is 23.5 Å². The minimum Gasteiger partial charge on any atom is -0.352 e. The van der Waals surface area contributed by atoms with Gasteiger partial charge in [0, 0.05) is 30.5 Å². The van der Waals surface area contributed by atoms with Gasteiger partial charge < -0.3 is 10.2 Å². The van der Waals surface area contributed by atoms with Gasteiger partial charge in [0.05, 0.1) is 35.2 Å². The van der Waals surface area contributed by atoms with E-state index in [-0.39, 0.29) is 23.8 Å². The Bertz CT molecular complexity index is 1110. The number of benzene rings is 1. The third-order valence-corrected chi connectivity index (χ3v) is 5.88. The number of piperidine rings is 1. The third kappa shape index (κ3) is 5.08. The van der Waals surface area contributed by atoms with E-state index < -0.39 is 11.7 Å². The number of carbonyl (C=O) groups is 1. The molecule has 0 saturated carbocycles. The number of anilines is 1. The molecule has 1 aliphatic heterocycles. The lowest BCUT2D eigenvalue weighted by atomic mass is 9.90. The van der Waals surface area contributed by atoms with Crippen molar-refractivity contribution in [3.8, 4) is 5.69 Å². The average molecular weight is 480 g/mol. The number of aromatic nitrogens is 5. The summed E-state index contributed by atoms with van der Waals surface area (Å²) in [6.07, 6.45) is 1.74. The summed E-state index contributed by atoms with van der Waals surface area (Å²) in [4.78, 5) is 24.2. The SMILES string of the molecule is CC1CCCN(C(=O)c2ccc(Cl)cc2-n2nccn2)C1CNc1ncc(C(F)(F)F)cn1. The van der Waals surface area contributed by atoms with Gasteiger partial charge in [-0.25, -0.2) is 9.97 Å².